The number of aliphatic hydroxyl groups excluding tert-OH is 2. The Morgan fingerprint density at radius 2 is 1.69 bits per heavy atom. The summed E-state index contributed by atoms with van der Waals surface area (Å²) in [5, 5.41) is 32.7. The molecule has 9 heteroatoms. The highest BCUT2D eigenvalue weighted by atomic mass is 35.5. The van der Waals surface area contributed by atoms with Gasteiger partial charge in [-0.05, 0) is 48.6 Å². The zero-order valence-electron chi connectivity index (χ0n) is 20.4. The van der Waals surface area contributed by atoms with Crippen molar-refractivity contribution in [2.24, 2.45) is 0 Å². The van der Waals surface area contributed by atoms with E-state index < -0.39 is 24.6 Å². The highest BCUT2D eigenvalue weighted by Crippen LogP contribution is 2.29. The van der Waals surface area contributed by atoms with Crippen LogP contribution in [0.3, 0.4) is 0 Å². The summed E-state index contributed by atoms with van der Waals surface area (Å²) in [4.78, 5) is 28.8. The first kappa shape index (κ1) is 27.4. The maximum atomic E-state index is 13.2. The van der Waals surface area contributed by atoms with Crippen LogP contribution in [0.5, 0.6) is 0 Å². The largest absolute Gasteiger partial charge is 0.481 e. The van der Waals surface area contributed by atoms with E-state index in [0.29, 0.717) is 29.6 Å². The van der Waals surface area contributed by atoms with Crippen molar-refractivity contribution in [3.05, 3.63) is 76.6 Å². The molecule has 0 aliphatic heterocycles. The van der Waals surface area contributed by atoms with Crippen molar-refractivity contribution in [3.63, 3.8) is 0 Å². The maximum absolute atomic E-state index is 13.2. The van der Waals surface area contributed by atoms with Gasteiger partial charge in [-0.3, -0.25) is 9.59 Å². The molecule has 0 bridgehead atoms. The van der Waals surface area contributed by atoms with Crippen LogP contribution in [-0.2, 0) is 17.9 Å². The number of carbonyl (C=O) groups excluding carboxylic acids is 1. The number of amides is 1. The Morgan fingerprint density at radius 3 is 2.31 bits per heavy atom. The number of hydrogen-bond acceptors (Lipinski definition) is 5. The topological polar surface area (TPSA) is 125 Å². The number of imidazole rings is 1. The molecule has 0 unspecified atom stereocenters. The van der Waals surface area contributed by atoms with Gasteiger partial charge < -0.3 is 25.2 Å². The number of halogens is 1. The van der Waals surface area contributed by atoms with Crippen LogP contribution in [0.15, 0.2) is 54.6 Å². The van der Waals surface area contributed by atoms with Gasteiger partial charge in [0.15, 0.2) is 0 Å². The van der Waals surface area contributed by atoms with Crippen LogP contribution >= 0.6 is 11.6 Å². The number of benzene rings is 2. The number of carboxylic acids is 1. The fraction of sp³-hybridized carbons (Fsp3) is 0.370. The summed E-state index contributed by atoms with van der Waals surface area (Å²) in [7, 11) is 0. The third-order valence-electron chi connectivity index (χ3n) is 5.81. The molecule has 0 aliphatic rings. The smallest absolute Gasteiger partial charge is 0.305 e. The van der Waals surface area contributed by atoms with E-state index in [1.165, 1.54) is 0 Å². The van der Waals surface area contributed by atoms with Gasteiger partial charge in [0.1, 0.15) is 11.5 Å². The molecule has 0 radical (unpaired) electrons. The average Bonchev–Trinajstić information content (AvgIpc) is 3.21. The molecule has 2 atom stereocenters. The summed E-state index contributed by atoms with van der Waals surface area (Å²) in [5.41, 5.74) is 2.77. The van der Waals surface area contributed by atoms with Gasteiger partial charge >= 0.3 is 5.97 Å². The quantitative estimate of drug-likeness (QED) is 0.287. The Labute approximate surface area is 215 Å². The fourth-order valence-electron chi connectivity index (χ4n) is 4.12. The number of carboxylic acid groups (broad SMARTS) is 1. The number of hydrogen-bond donors (Lipinski definition) is 4. The second kappa shape index (κ2) is 12.7. The SMILES string of the molecule is CC(C)c1c(C(=O)NCc2ccccc2)nc(-c2ccc(Cl)cc2)n1CC[C@@H](O)C[C@@H](O)CC(=O)O. The van der Waals surface area contributed by atoms with E-state index in [1.807, 2.05) is 60.9 Å². The lowest BCUT2D eigenvalue weighted by Crippen LogP contribution is -2.25. The van der Waals surface area contributed by atoms with Crippen molar-refractivity contribution >= 4 is 23.5 Å². The van der Waals surface area contributed by atoms with E-state index in [0.717, 1.165) is 16.8 Å². The van der Waals surface area contributed by atoms with E-state index in [4.69, 9.17) is 21.7 Å². The Hall–Kier alpha value is -3.20. The molecule has 1 amide bonds. The van der Waals surface area contributed by atoms with Gasteiger partial charge in [0.25, 0.3) is 5.91 Å². The summed E-state index contributed by atoms with van der Waals surface area (Å²) in [6.07, 6.45) is -2.30. The number of nitrogens with one attached hydrogen (secondary N) is 1. The number of aromatic nitrogens is 2. The minimum Gasteiger partial charge on any atom is -0.481 e. The fourth-order valence-corrected chi connectivity index (χ4v) is 4.25. The first-order valence-corrected chi connectivity index (χ1v) is 12.3. The van der Waals surface area contributed by atoms with Crippen molar-refractivity contribution in [1.29, 1.82) is 0 Å². The predicted octanol–water partition coefficient (Wildman–Crippen LogP) is 4.23. The van der Waals surface area contributed by atoms with Crippen molar-refractivity contribution in [2.45, 2.75) is 64.3 Å². The number of rotatable bonds is 12. The normalized spacial score (nSPS) is 12.9. The zero-order chi connectivity index (χ0) is 26.2. The molecular weight excluding hydrogens is 482 g/mol. The van der Waals surface area contributed by atoms with Crippen LogP contribution in [0.2, 0.25) is 5.02 Å². The number of nitrogens with zero attached hydrogens (tertiary/aromatic N) is 2. The van der Waals surface area contributed by atoms with E-state index >= 15 is 0 Å². The molecule has 2 aromatic carbocycles. The summed E-state index contributed by atoms with van der Waals surface area (Å²) in [6, 6.07) is 16.7. The predicted molar refractivity (Wildman–Crippen MR) is 138 cm³/mol. The number of aliphatic carboxylic acids is 1. The highest BCUT2D eigenvalue weighted by Gasteiger charge is 2.26. The van der Waals surface area contributed by atoms with Gasteiger partial charge in [-0.1, -0.05) is 55.8 Å². The van der Waals surface area contributed by atoms with Crippen LogP contribution in [0.25, 0.3) is 11.4 Å². The van der Waals surface area contributed by atoms with Crippen LogP contribution < -0.4 is 5.32 Å². The summed E-state index contributed by atoms with van der Waals surface area (Å²) in [6.45, 7) is 4.63. The monoisotopic (exact) mass is 513 g/mol. The molecule has 8 nitrogen and oxygen atoms in total. The second-order valence-electron chi connectivity index (χ2n) is 9.08. The molecule has 1 aromatic heterocycles. The van der Waals surface area contributed by atoms with Gasteiger partial charge in [0.2, 0.25) is 0 Å². The minimum atomic E-state index is -1.14. The molecule has 0 aliphatic carbocycles. The summed E-state index contributed by atoms with van der Waals surface area (Å²) in [5.74, 6) is -0.902. The van der Waals surface area contributed by atoms with Crippen LogP contribution in [-0.4, -0.2) is 49.0 Å². The van der Waals surface area contributed by atoms with Crippen LogP contribution in [0.4, 0.5) is 0 Å². The van der Waals surface area contributed by atoms with Gasteiger partial charge in [0, 0.05) is 23.7 Å². The van der Waals surface area contributed by atoms with E-state index in [1.54, 1.807) is 12.1 Å². The number of aliphatic hydroxyl groups is 2. The molecule has 1 heterocycles. The van der Waals surface area contributed by atoms with Crippen molar-refractivity contribution < 1.29 is 24.9 Å². The van der Waals surface area contributed by atoms with E-state index in [2.05, 4.69) is 5.32 Å². The Bertz CT molecular complexity index is 1160. The van der Waals surface area contributed by atoms with Gasteiger partial charge in [-0.15, -0.1) is 0 Å². The zero-order valence-corrected chi connectivity index (χ0v) is 21.2. The van der Waals surface area contributed by atoms with E-state index in [9.17, 15) is 19.8 Å². The average molecular weight is 514 g/mol. The first-order chi connectivity index (χ1) is 17.2. The molecule has 192 valence electrons. The Balaban J connectivity index is 1.90. The Morgan fingerprint density at radius 1 is 1.03 bits per heavy atom. The van der Waals surface area contributed by atoms with Crippen LogP contribution in [0, 0.1) is 0 Å². The maximum Gasteiger partial charge on any atom is 0.305 e. The number of carbonyl (C=O) groups is 2. The first-order valence-electron chi connectivity index (χ1n) is 11.9. The molecule has 3 rings (SSSR count). The molecule has 3 aromatic rings. The molecule has 0 spiro atoms. The highest BCUT2D eigenvalue weighted by molar-refractivity contribution is 6.30. The lowest BCUT2D eigenvalue weighted by molar-refractivity contribution is -0.139. The standard InChI is InChI=1S/C27H32ClN3O5/c1-17(2)25-24(27(36)29-16-18-6-4-3-5-7-18)30-26(19-8-10-20(28)11-9-19)31(25)13-12-21(32)14-22(33)15-23(34)35/h3-11,17,21-22,32-33H,12-16H2,1-2H3,(H,29,36)(H,34,35)/t21-,22-/m1/s1. The van der Waals surface area contributed by atoms with Crippen molar-refractivity contribution in [2.75, 3.05) is 0 Å². The molecule has 4 N–H and O–H groups in total. The summed E-state index contributed by atoms with van der Waals surface area (Å²) >= 11 is 6.07. The third kappa shape index (κ3) is 7.40. The Kier molecular flexibility index (Phi) is 9.64. The van der Waals surface area contributed by atoms with E-state index in [-0.39, 0.29) is 24.7 Å². The third-order valence-corrected chi connectivity index (χ3v) is 6.06. The van der Waals surface area contributed by atoms with Gasteiger partial charge in [-0.25, -0.2) is 4.98 Å². The van der Waals surface area contributed by atoms with Crippen molar-refractivity contribution in [1.82, 2.24) is 14.9 Å². The molecule has 0 fully saturated rings. The van der Waals surface area contributed by atoms with Gasteiger partial charge in [0.05, 0.1) is 24.3 Å². The minimum absolute atomic E-state index is 0.0502. The van der Waals surface area contributed by atoms with Gasteiger partial charge in [-0.2, -0.15) is 0 Å². The summed E-state index contributed by atoms with van der Waals surface area (Å²) < 4.78 is 1.91. The van der Waals surface area contributed by atoms with Crippen LogP contribution in [0.1, 0.15) is 60.8 Å². The lowest BCUT2D eigenvalue weighted by Gasteiger charge is -2.19. The molecule has 0 saturated carbocycles. The van der Waals surface area contributed by atoms with Crippen molar-refractivity contribution in [3.8, 4) is 11.4 Å². The lowest BCUT2D eigenvalue weighted by atomic mass is 10.0. The second-order valence-corrected chi connectivity index (χ2v) is 9.52. The molecular formula is C27H32ClN3O5. The molecule has 36 heavy (non-hydrogen) atoms. The molecule has 0 saturated heterocycles.